The van der Waals surface area contributed by atoms with Crippen LogP contribution < -0.4 is 16.0 Å². The lowest BCUT2D eigenvalue weighted by atomic mass is 10.1. The summed E-state index contributed by atoms with van der Waals surface area (Å²) in [6.45, 7) is 1.25. The van der Waals surface area contributed by atoms with E-state index in [2.05, 4.69) is 20.9 Å². The average Bonchev–Trinajstić information content (AvgIpc) is 2.64. The molecule has 3 N–H and O–H groups in total. The number of hydrogen-bond acceptors (Lipinski definition) is 6. The minimum Gasteiger partial charge on any atom is -0.387 e. The number of nitrogens with one attached hydrogen (secondary N) is 3. The smallest absolute Gasteiger partial charge is 0.270 e. The Kier molecular flexibility index (Phi) is 6.70. The molecule has 0 atom stereocenters. The van der Waals surface area contributed by atoms with E-state index in [-0.39, 0.29) is 17.2 Å². The number of nitro benzene ring substituents is 1. The molecule has 8 nitrogen and oxygen atoms in total. The summed E-state index contributed by atoms with van der Waals surface area (Å²) < 4.78 is 0. The Morgan fingerprint density at radius 1 is 1.20 bits per heavy atom. The number of carbonyl (C=O) groups is 1. The van der Waals surface area contributed by atoms with Crippen molar-refractivity contribution >= 4 is 23.1 Å². The van der Waals surface area contributed by atoms with Crippen LogP contribution >= 0.6 is 0 Å². The highest BCUT2D eigenvalue weighted by atomic mass is 16.6. The van der Waals surface area contributed by atoms with Gasteiger partial charge in [0.15, 0.2) is 0 Å². The molecule has 25 heavy (non-hydrogen) atoms. The average molecular weight is 343 g/mol. The fourth-order valence-electron chi connectivity index (χ4n) is 2.28. The second kappa shape index (κ2) is 9.21. The number of unbranched alkanes of at least 4 members (excludes halogenated alkanes) is 1. The van der Waals surface area contributed by atoms with E-state index in [9.17, 15) is 14.9 Å². The van der Waals surface area contributed by atoms with Gasteiger partial charge in [-0.3, -0.25) is 14.9 Å². The lowest BCUT2D eigenvalue weighted by molar-refractivity contribution is -0.384. The minimum atomic E-state index is -0.514. The Morgan fingerprint density at radius 3 is 2.68 bits per heavy atom. The van der Waals surface area contributed by atoms with Crippen LogP contribution in [0, 0.1) is 10.1 Å². The van der Waals surface area contributed by atoms with Crippen LogP contribution in [0.4, 0.5) is 17.2 Å². The molecule has 0 aliphatic heterocycles. The van der Waals surface area contributed by atoms with E-state index in [1.165, 1.54) is 18.2 Å². The van der Waals surface area contributed by atoms with Crippen LogP contribution in [0.3, 0.4) is 0 Å². The summed E-state index contributed by atoms with van der Waals surface area (Å²) in [7, 11) is 1.67. The molecule has 0 saturated carbocycles. The third-order valence-corrected chi connectivity index (χ3v) is 3.59. The van der Waals surface area contributed by atoms with Gasteiger partial charge in [-0.05, 0) is 31.0 Å². The van der Waals surface area contributed by atoms with Crippen molar-refractivity contribution in [3.8, 4) is 0 Å². The van der Waals surface area contributed by atoms with Crippen LogP contribution in [0.1, 0.15) is 23.2 Å². The lowest BCUT2D eigenvalue weighted by Gasteiger charge is -2.10. The number of non-ortho nitro benzene ring substituents is 1. The van der Waals surface area contributed by atoms with Gasteiger partial charge in [-0.25, -0.2) is 4.98 Å². The molecule has 0 unspecified atom stereocenters. The third kappa shape index (κ3) is 5.45. The monoisotopic (exact) mass is 343 g/mol. The molecule has 2 rings (SSSR count). The number of aromatic nitrogens is 1. The molecule has 8 heteroatoms. The van der Waals surface area contributed by atoms with Crippen molar-refractivity contribution in [3.63, 3.8) is 0 Å². The Hall–Kier alpha value is -3.16. The Balaban J connectivity index is 1.78. The highest BCUT2D eigenvalue weighted by Crippen LogP contribution is 2.21. The molecule has 1 aromatic carbocycles. The van der Waals surface area contributed by atoms with E-state index < -0.39 is 4.92 Å². The predicted octanol–water partition coefficient (Wildman–Crippen LogP) is 2.65. The zero-order valence-corrected chi connectivity index (χ0v) is 14.0. The van der Waals surface area contributed by atoms with Crippen molar-refractivity contribution in [2.45, 2.75) is 12.8 Å². The summed E-state index contributed by atoms with van der Waals surface area (Å²) in [5.41, 5.74) is 0.715. The van der Waals surface area contributed by atoms with Gasteiger partial charge in [0.05, 0.1) is 10.5 Å². The molecule has 2 aromatic rings. The SMILES string of the molecule is CNc1ccc([N+](=O)[O-])cc1C(=O)NCCCCNc1ccccn1. The first-order valence-electron chi connectivity index (χ1n) is 8.01. The van der Waals surface area contributed by atoms with Gasteiger partial charge < -0.3 is 16.0 Å². The first-order valence-corrected chi connectivity index (χ1v) is 8.01. The predicted molar refractivity (Wildman–Crippen MR) is 96.9 cm³/mol. The molecule has 132 valence electrons. The maximum Gasteiger partial charge on any atom is 0.270 e. The molecule has 1 heterocycles. The molecule has 0 aliphatic rings. The molecular formula is C17H21N5O3. The second-order valence-electron chi connectivity index (χ2n) is 5.34. The third-order valence-electron chi connectivity index (χ3n) is 3.59. The molecule has 0 radical (unpaired) electrons. The van der Waals surface area contributed by atoms with Crippen molar-refractivity contribution in [2.75, 3.05) is 30.8 Å². The number of hydrogen-bond donors (Lipinski definition) is 3. The van der Waals surface area contributed by atoms with E-state index in [4.69, 9.17) is 0 Å². The fraction of sp³-hybridized carbons (Fsp3) is 0.294. The van der Waals surface area contributed by atoms with Crippen molar-refractivity contribution in [2.24, 2.45) is 0 Å². The highest BCUT2D eigenvalue weighted by molar-refractivity contribution is 6.00. The zero-order chi connectivity index (χ0) is 18.1. The van der Waals surface area contributed by atoms with Gasteiger partial charge in [0.25, 0.3) is 11.6 Å². The first kappa shape index (κ1) is 18.2. The van der Waals surface area contributed by atoms with E-state index >= 15 is 0 Å². The summed E-state index contributed by atoms with van der Waals surface area (Å²) in [5, 5.41) is 19.7. The van der Waals surface area contributed by atoms with Crippen LogP contribution in [0.2, 0.25) is 0 Å². The van der Waals surface area contributed by atoms with Gasteiger partial charge in [0, 0.05) is 44.2 Å². The maximum absolute atomic E-state index is 12.3. The van der Waals surface area contributed by atoms with Gasteiger partial charge in [0.2, 0.25) is 0 Å². The molecule has 0 aliphatic carbocycles. The maximum atomic E-state index is 12.3. The Bertz CT molecular complexity index is 721. The fourth-order valence-corrected chi connectivity index (χ4v) is 2.28. The quantitative estimate of drug-likeness (QED) is 0.367. The van der Waals surface area contributed by atoms with Crippen LogP contribution in [-0.2, 0) is 0 Å². The van der Waals surface area contributed by atoms with Crippen molar-refractivity contribution in [1.82, 2.24) is 10.3 Å². The number of nitro groups is 1. The number of rotatable bonds is 9. The molecule has 1 amide bonds. The molecule has 0 spiro atoms. The molecule has 0 saturated heterocycles. The summed E-state index contributed by atoms with van der Waals surface area (Å²) in [6, 6.07) is 9.84. The van der Waals surface area contributed by atoms with Gasteiger partial charge in [0.1, 0.15) is 5.82 Å². The summed E-state index contributed by atoms with van der Waals surface area (Å²) in [5.74, 6) is 0.493. The second-order valence-corrected chi connectivity index (χ2v) is 5.34. The number of nitrogens with zero attached hydrogens (tertiary/aromatic N) is 2. The van der Waals surface area contributed by atoms with Crippen LogP contribution in [0.25, 0.3) is 0 Å². The van der Waals surface area contributed by atoms with Crippen LogP contribution in [-0.4, -0.2) is 36.0 Å². The van der Waals surface area contributed by atoms with Crippen molar-refractivity contribution < 1.29 is 9.72 Å². The van der Waals surface area contributed by atoms with Gasteiger partial charge in [-0.2, -0.15) is 0 Å². The Morgan fingerprint density at radius 2 is 2.00 bits per heavy atom. The lowest BCUT2D eigenvalue weighted by Crippen LogP contribution is -2.25. The standard InChI is InChI=1S/C17H21N5O3/c1-18-15-8-7-13(22(24)25)12-14(15)17(23)21-11-5-4-10-20-16-6-2-3-9-19-16/h2-3,6-9,12,18H,4-5,10-11H2,1H3,(H,19,20)(H,21,23). The topological polar surface area (TPSA) is 109 Å². The number of pyridine rings is 1. The van der Waals surface area contributed by atoms with Gasteiger partial charge >= 0.3 is 0 Å². The molecule has 0 fully saturated rings. The number of amides is 1. The van der Waals surface area contributed by atoms with E-state index in [0.29, 0.717) is 12.2 Å². The van der Waals surface area contributed by atoms with Gasteiger partial charge in [-0.15, -0.1) is 0 Å². The molecular weight excluding hydrogens is 322 g/mol. The number of benzene rings is 1. The highest BCUT2D eigenvalue weighted by Gasteiger charge is 2.15. The minimum absolute atomic E-state index is 0.108. The van der Waals surface area contributed by atoms with Crippen molar-refractivity contribution in [3.05, 3.63) is 58.3 Å². The van der Waals surface area contributed by atoms with Crippen LogP contribution in [0.15, 0.2) is 42.6 Å². The van der Waals surface area contributed by atoms with E-state index in [1.807, 2.05) is 18.2 Å². The van der Waals surface area contributed by atoms with Crippen molar-refractivity contribution in [1.29, 1.82) is 0 Å². The Labute approximate surface area is 145 Å². The zero-order valence-electron chi connectivity index (χ0n) is 14.0. The first-order chi connectivity index (χ1) is 12.1. The normalized spacial score (nSPS) is 10.1. The number of carbonyl (C=O) groups excluding carboxylic acids is 1. The summed E-state index contributed by atoms with van der Waals surface area (Å²) >= 11 is 0. The van der Waals surface area contributed by atoms with Crippen LogP contribution in [0.5, 0.6) is 0 Å². The summed E-state index contributed by atoms with van der Waals surface area (Å²) in [6.07, 6.45) is 3.38. The van der Waals surface area contributed by atoms with E-state index in [0.717, 1.165) is 25.2 Å². The van der Waals surface area contributed by atoms with Gasteiger partial charge in [-0.1, -0.05) is 6.07 Å². The molecule has 0 bridgehead atoms. The molecule has 1 aromatic heterocycles. The number of anilines is 2. The largest absolute Gasteiger partial charge is 0.387 e. The van der Waals surface area contributed by atoms with E-state index in [1.54, 1.807) is 13.2 Å². The summed E-state index contributed by atoms with van der Waals surface area (Å²) in [4.78, 5) is 26.8.